The minimum atomic E-state index is -1.01. The molecule has 2 saturated carbocycles. The second-order valence-electron chi connectivity index (χ2n) is 10.3. The highest BCUT2D eigenvalue weighted by atomic mass is 16.5. The van der Waals surface area contributed by atoms with Crippen molar-refractivity contribution in [2.75, 3.05) is 6.61 Å². The fraction of sp³-hybridized carbons (Fsp3) is 0.464. The molecule has 0 spiro atoms. The van der Waals surface area contributed by atoms with E-state index in [0.717, 1.165) is 17.5 Å². The van der Waals surface area contributed by atoms with E-state index in [1.54, 1.807) is 0 Å². The molecule has 7 heteroatoms. The van der Waals surface area contributed by atoms with Crippen LogP contribution < -0.4 is 10.6 Å². The molecule has 0 aromatic heterocycles. The molecule has 5 atom stereocenters. The van der Waals surface area contributed by atoms with Gasteiger partial charge in [0.2, 0.25) is 5.91 Å². The summed E-state index contributed by atoms with van der Waals surface area (Å²) in [5.74, 6) is -1.19. The number of fused-ring (bicyclic) bond motifs is 4. The topological polar surface area (TPSA) is 105 Å². The molecule has 3 aliphatic rings. The minimum absolute atomic E-state index is 0.00393. The van der Waals surface area contributed by atoms with Gasteiger partial charge in [0, 0.05) is 12.0 Å². The summed E-state index contributed by atoms with van der Waals surface area (Å²) in [5, 5.41) is 15.2. The molecule has 35 heavy (non-hydrogen) atoms. The number of ether oxygens (including phenoxy) is 1. The number of carbonyl (C=O) groups is 3. The van der Waals surface area contributed by atoms with E-state index in [0.29, 0.717) is 19.3 Å². The van der Waals surface area contributed by atoms with Crippen LogP contribution in [0.5, 0.6) is 0 Å². The Balaban J connectivity index is 1.17. The zero-order chi connectivity index (χ0) is 24.7. The molecule has 0 radical (unpaired) electrons. The van der Waals surface area contributed by atoms with Gasteiger partial charge in [0.15, 0.2) is 0 Å². The lowest BCUT2D eigenvalue weighted by Gasteiger charge is -2.24. The highest BCUT2D eigenvalue weighted by Gasteiger charge is 2.65. The van der Waals surface area contributed by atoms with Crippen molar-refractivity contribution in [1.29, 1.82) is 0 Å². The third-order valence-electron chi connectivity index (χ3n) is 8.30. The van der Waals surface area contributed by atoms with Gasteiger partial charge in [-0.05, 0) is 53.4 Å². The monoisotopic (exact) mass is 476 g/mol. The van der Waals surface area contributed by atoms with Gasteiger partial charge < -0.3 is 20.5 Å². The predicted molar refractivity (Wildman–Crippen MR) is 131 cm³/mol. The second kappa shape index (κ2) is 9.02. The summed E-state index contributed by atoms with van der Waals surface area (Å²) < 4.78 is 5.66. The molecule has 0 aliphatic heterocycles. The maximum absolute atomic E-state index is 13.0. The zero-order valence-electron chi connectivity index (χ0n) is 20.1. The van der Waals surface area contributed by atoms with E-state index in [2.05, 4.69) is 34.9 Å². The third-order valence-corrected chi connectivity index (χ3v) is 8.30. The molecule has 0 unspecified atom stereocenters. The summed E-state index contributed by atoms with van der Waals surface area (Å²) in [7, 11) is 0. The maximum Gasteiger partial charge on any atom is 0.407 e. The van der Waals surface area contributed by atoms with Gasteiger partial charge in [-0.15, -0.1) is 0 Å². The molecule has 0 saturated heterocycles. The van der Waals surface area contributed by atoms with E-state index in [-0.39, 0.29) is 36.3 Å². The number of carbonyl (C=O) groups excluding carboxylic acids is 2. The molecule has 2 aromatic carbocycles. The molecule has 5 rings (SSSR count). The van der Waals surface area contributed by atoms with Crippen molar-refractivity contribution in [1.82, 2.24) is 10.6 Å². The molecule has 7 nitrogen and oxygen atoms in total. The number of alkyl carbamates (subject to hydrolysis) is 1. The van der Waals surface area contributed by atoms with Crippen LogP contribution in [0.15, 0.2) is 48.5 Å². The Kier molecular flexibility index (Phi) is 6.03. The first-order chi connectivity index (χ1) is 16.8. The lowest BCUT2D eigenvalue weighted by molar-refractivity contribution is -0.144. The first-order valence-electron chi connectivity index (χ1n) is 12.5. The lowest BCUT2D eigenvalue weighted by Crippen LogP contribution is -2.48. The fourth-order valence-corrected chi connectivity index (χ4v) is 6.06. The quantitative estimate of drug-likeness (QED) is 0.527. The van der Waals surface area contributed by atoms with Crippen molar-refractivity contribution in [2.24, 2.45) is 17.3 Å². The van der Waals surface area contributed by atoms with Gasteiger partial charge >= 0.3 is 12.1 Å². The molecule has 2 fully saturated rings. The number of hydrogen-bond acceptors (Lipinski definition) is 4. The van der Waals surface area contributed by atoms with Crippen LogP contribution in [0.4, 0.5) is 4.79 Å². The number of rotatable bonds is 8. The number of amides is 2. The van der Waals surface area contributed by atoms with Gasteiger partial charge in [0.1, 0.15) is 12.6 Å². The average molecular weight is 477 g/mol. The van der Waals surface area contributed by atoms with E-state index >= 15 is 0 Å². The van der Waals surface area contributed by atoms with Crippen LogP contribution in [0.3, 0.4) is 0 Å². The number of benzene rings is 2. The molecule has 184 valence electrons. The summed E-state index contributed by atoms with van der Waals surface area (Å²) in [6.07, 6.45) is 2.16. The van der Waals surface area contributed by atoms with Crippen LogP contribution in [0, 0.1) is 17.3 Å². The van der Waals surface area contributed by atoms with Crippen molar-refractivity contribution >= 4 is 18.0 Å². The van der Waals surface area contributed by atoms with Crippen LogP contribution in [0.1, 0.15) is 56.6 Å². The Morgan fingerprint density at radius 3 is 2.29 bits per heavy atom. The molecular weight excluding hydrogens is 444 g/mol. The second-order valence-corrected chi connectivity index (χ2v) is 10.3. The maximum atomic E-state index is 13.0. The van der Waals surface area contributed by atoms with E-state index in [1.807, 2.05) is 38.1 Å². The van der Waals surface area contributed by atoms with E-state index in [9.17, 15) is 19.5 Å². The van der Waals surface area contributed by atoms with Gasteiger partial charge in [-0.1, -0.05) is 68.8 Å². The van der Waals surface area contributed by atoms with Crippen molar-refractivity contribution < 1.29 is 24.2 Å². The number of aliphatic carboxylic acids is 1. The molecule has 0 heterocycles. The van der Waals surface area contributed by atoms with Gasteiger partial charge in [-0.25, -0.2) is 9.59 Å². The van der Waals surface area contributed by atoms with Crippen LogP contribution in [-0.4, -0.2) is 41.8 Å². The minimum Gasteiger partial charge on any atom is -0.480 e. The summed E-state index contributed by atoms with van der Waals surface area (Å²) >= 11 is 0. The summed E-state index contributed by atoms with van der Waals surface area (Å²) in [6, 6.07) is 15.4. The first-order valence-corrected chi connectivity index (χ1v) is 12.5. The Morgan fingerprint density at radius 2 is 1.69 bits per heavy atom. The standard InChI is InChI=1S/C28H32N2O5/c1-3-16(2)24(25(31)32)30-26(33)28-13-17(28)12-18(14-28)29-27(34)35-15-23-21-10-6-4-8-19(21)20-9-5-7-11-22(20)23/h4-11,16-18,23-24H,3,12-15H2,1-2H3,(H,29,34)(H,30,33)(H,31,32)/t16-,17+,18-,24-,28-/m0/s1. The van der Waals surface area contributed by atoms with Crippen molar-refractivity contribution in [3.8, 4) is 11.1 Å². The number of nitrogens with one attached hydrogen (secondary N) is 2. The predicted octanol–water partition coefficient (Wildman–Crippen LogP) is 4.31. The number of carboxylic acid groups (broad SMARTS) is 1. The van der Waals surface area contributed by atoms with Crippen LogP contribution in [-0.2, 0) is 14.3 Å². The Morgan fingerprint density at radius 1 is 1.06 bits per heavy atom. The SMILES string of the molecule is CC[C@H](C)[C@H](NC(=O)[C@@]12C[C@@H](NC(=O)OCC3c4ccccc4-c4ccccc43)C[C@@H]1C2)C(=O)O. The first kappa shape index (κ1) is 23.4. The normalized spacial score (nSPS) is 25.5. The van der Waals surface area contributed by atoms with Gasteiger partial charge in [0.05, 0.1) is 5.41 Å². The van der Waals surface area contributed by atoms with E-state index in [4.69, 9.17) is 4.74 Å². The third kappa shape index (κ3) is 4.17. The van der Waals surface area contributed by atoms with Crippen LogP contribution in [0.25, 0.3) is 11.1 Å². The smallest absolute Gasteiger partial charge is 0.407 e. The highest BCUT2D eigenvalue weighted by Crippen LogP contribution is 2.63. The Bertz CT molecular complexity index is 1120. The Labute approximate surface area is 205 Å². The molecule has 0 bridgehead atoms. The summed E-state index contributed by atoms with van der Waals surface area (Å²) in [5.41, 5.74) is 4.11. The van der Waals surface area contributed by atoms with Crippen molar-refractivity contribution in [2.45, 2.75) is 57.5 Å². The van der Waals surface area contributed by atoms with Crippen molar-refractivity contribution in [3.05, 3.63) is 59.7 Å². The fourth-order valence-electron chi connectivity index (χ4n) is 6.06. The summed E-state index contributed by atoms with van der Waals surface area (Å²) in [4.78, 5) is 37.3. The number of carboxylic acids is 1. The molecule has 3 N–H and O–H groups in total. The van der Waals surface area contributed by atoms with Crippen molar-refractivity contribution in [3.63, 3.8) is 0 Å². The van der Waals surface area contributed by atoms with Crippen LogP contribution in [0.2, 0.25) is 0 Å². The average Bonchev–Trinajstić information content (AvgIpc) is 3.28. The number of hydrogen-bond donors (Lipinski definition) is 3. The lowest BCUT2D eigenvalue weighted by atomic mass is 9.96. The van der Waals surface area contributed by atoms with E-state index < -0.39 is 23.5 Å². The van der Waals surface area contributed by atoms with E-state index in [1.165, 1.54) is 11.1 Å². The molecule has 3 aliphatic carbocycles. The van der Waals surface area contributed by atoms with Gasteiger partial charge in [-0.3, -0.25) is 4.79 Å². The zero-order valence-corrected chi connectivity index (χ0v) is 20.1. The Hall–Kier alpha value is -3.35. The highest BCUT2D eigenvalue weighted by molar-refractivity contribution is 5.90. The van der Waals surface area contributed by atoms with Crippen LogP contribution >= 0.6 is 0 Å². The van der Waals surface area contributed by atoms with Gasteiger partial charge in [-0.2, -0.15) is 0 Å². The largest absolute Gasteiger partial charge is 0.480 e. The molecule has 2 aromatic rings. The summed E-state index contributed by atoms with van der Waals surface area (Å²) in [6.45, 7) is 3.99. The van der Waals surface area contributed by atoms with Gasteiger partial charge in [0.25, 0.3) is 0 Å². The molecule has 2 amide bonds. The molecular formula is C28H32N2O5.